The lowest BCUT2D eigenvalue weighted by Crippen LogP contribution is -2.32. The minimum absolute atomic E-state index is 0.622. The van der Waals surface area contributed by atoms with E-state index in [1.807, 2.05) is 0 Å². The molecule has 2 aliphatic heterocycles. The van der Waals surface area contributed by atoms with Gasteiger partial charge in [-0.2, -0.15) is 0 Å². The Morgan fingerprint density at radius 2 is 0.680 bits per heavy atom. The smallest absolute Gasteiger partial charge is 0.132 e. The van der Waals surface area contributed by atoms with Crippen molar-refractivity contribution in [3.05, 3.63) is 317 Å². The van der Waals surface area contributed by atoms with Crippen LogP contribution >= 0.6 is 0 Å². The summed E-state index contributed by atoms with van der Waals surface area (Å²) in [5.41, 5.74) is 21.2. The average molecular weight is 956 g/mol. The molecule has 0 radical (unpaired) electrons. The molecule has 3 nitrogen and oxygen atoms in total. The highest BCUT2D eigenvalue weighted by Crippen LogP contribution is 2.65. The van der Waals surface area contributed by atoms with E-state index in [1.54, 1.807) is 0 Å². The van der Waals surface area contributed by atoms with Gasteiger partial charge in [-0.3, -0.25) is 0 Å². The number of rotatable bonds is 5. The van der Waals surface area contributed by atoms with Gasteiger partial charge in [0.05, 0.1) is 10.8 Å². The van der Waals surface area contributed by atoms with Gasteiger partial charge in [-0.25, -0.2) is 0 Å². The molecule has 4 aliphatic rings. The highest BCUT2D eigenvalue weighted by molar-refractivity contribution is 6.02. The van der Waals surface area contributed by atoms with E-state index in [0.717, 1.165) is 67.9 Å². The number of benzene rings is 12. The Morgan fingerprint density at radius 1 is 0.253 bits per heavy atom. The van der Waals surface area contributed by atoms with Crippen LogP contribution in [0.5, 0.6) is 23.0 Å². The zero-order chi connectivity index (χ0) is 49.2. The summed E-state index contributed by atoms with van der Waals surface area (Å²) in [7, 11) is 0. The van der Waals surface area contributed by atoms with Crippen molar-refractivity contribution in [1.82, 2.24) is 0 Å². The molecule has 3 heteroatoms. The standard InChI is InChI=1S/C72H45NO2/c1-2-16-46(17-3-1)47-30-32-48(33-31-47)49-34-37-51(38-35-49)73(53-39-42-56-55-20-6-7-21-59(55)71(65(56)45-53)61-22-8-12-26-66(61)74-67-27-13-9-23-62(67)71)52-40-43-60-58(44-52)57-41-36-50-18-4-5-19-54(50)70(57)72(60)63-24-10-14-28-68(63)75-69-29-15-11-25-64(69)72/h1-45H. The van der Waals surface area contributed by atoms with E-state index in [1.165, 1.54) is 72.0 Å². The largest absolute Gasteiger partial charge is 0.457 e. The predicted octanol–water partition coefficient (Wildman–Crippen LogP) is 18.6. The van der Waals surface area contributed by atoms with E-state index in [9.17, 15) is 0 Å². The van der Waals surface area contributed by atoms with Crippen LogP contribution in [0.25, 0.3) is 55.3 Å². The number of hydrogen-bond donors (Lipinski definition) is 0. The lowest BCUT2D eigenvalue weighted by atomic mass is 9.65. The molecule has 350 valence electrons. The molecule has 0 saturated heterocycles. The third kappa shape index (κ3) is 5.81. The van der Waals surface area contributed by atoms with Gasteiger partial charge in [-0.15, -0.1) is 0 Å². The van der Waals surface area contributed by atoms with Crippen LogP contribution in [0.1, 0.15) is 44.5 Å². The van der Waals surface area contributed by atoms with E-state index in [4.69, 9.17) is 9.47 Å². The third-order valence-corrected chi connectivity index (χ3v) is 16.6. The zero-order valence-corrected chi connectivity index (χ0v) is 40.7. The van der Waals surface area contributed by atoms with Gasteiger partial charge in [-0.05, 0) is 138 Å². The van der Waals surface area contributed by atoms with Crippen LogP contribution in [0.2, 0.25) is 0 Å². The molecule has 2 heterocycles. The van der Waals surface area contributed by atoms with E-state index < -0.39 is 10.8 Å². The van der Waals surface area contributed by atoms with Crippen molar-refractivity contribution in [2.75, 3.05) is 4.90 Å². The summed E-state index contributed by atoms with van der Waals surface area (Å²) >= 11 is 0. The second-order valence-corrected chi connectivity index (χ2v) is 20.2. The van der Waals surface area contributed by atoms with E-state index in [-0.39, 0.29) is 0 Å². The summed E-state index contributed by atoms with van der Waals surface area (Å²) < 4.78 is 13.5. The van der Waals surface area contributed by atoms with E-state index >= 15 is 0 Å². The fraction of sp³-hybridized carbons (Fsp3) is 0.0278. The Kier molecular flexibility index (Phi) is 8.88. The second-order valence-electron chi connectivity index (χ2n) is 20.2. The zero-order valence-electron chi connectivity index (χ0n) is 40.7. The highest BCUT2D eigenvalue weighted by atomic mass is 16.5. The maximum atomic E-state index is 6.79. The minimum atomic E-state index is -0.631. The third-order valence-electron chi connectivity index (χ3n) is 16.6. The minimum Gasteiger partial charge on any atom is -0.457 e. The van der Waals surface area contributed by atoms with Gasteiger partial charge < -0.3 is 14.4 Å². The monoisotopic (exact) mass is 955 g/mol. The molecule has 0 atom stereocenters. The Bertz CT molecular complexity index is 4220. The van der Waals surface area contributed by atoms with Crippen molar-refractivity contribution >= 4 is 27.8 Å². The normalized spacial score (nSPS) is 14.0. The van der Waals surface area contributed by atoms with Gasteiger partial charge in [-0.1, -0.05) is 212 Å². The van der Waals surface area contributed by atoms with Crippen LogP contribution in [0.3, 0.4) is 0 Å². The summed E-state index contributed by atoms with van der Waals surface area (Å²) in [6.45, 7) is 0. The van der Waals surface area contributed by atoms with E-state index in [2.05, 4.69) is 278 Å². The second kappa shape index (κ2) is 15.9. The molecule has 0 unspecified atom stereocenters. The molecule has 12 aromatic rings. The lowest BCUT2D eigenvalue weighted by molar-refractivity contribution is 0.436. The summed E-state index contributed by atoms with van der Waals surface area (Å²) in [5.74, 6) is 3.52. The van der Waals surface area contributed by atoms with Crippen LogP contribution < -0.4 is 14.4 Å². The number of ether oxygens (including phenoxy) is 2. The van der Waals surface area contributed by atoms with Gasteiger partial charge in [0.2, 0.25) is 0 Å². The van der Waals surface area contributed by atoms with Gasteiger partial charge >= 0.3 is 0 Å². The lowest BCUT2D eigenvalue weighted by Gasteiger charge is -2.40. The summed E-state index contributed by atoms with van der Waals surface area (Å²) in [6.07, 6.45) is 0. The number of para-hydroxylation sites is 4. The van der Waals surface area contributed by atoms with Crippen molar-refractivity contribution in [3.63, 3.8) is 0 Å². The topological polar surface area (TPSA) is 21.7 Å². The number of fused-ring (bicyclic) bond motifs is 20. The molecule has 0 N–H and O–H groups in total. The molecule has 2 aliphatic carbocycles. The van der Waals surface area contributed by atoms with Crippen LogP contribution in [0, 0.1) is 0 Å². The van der Waals surface area contributed by atoms with Crippen LogP contribution in [-0.2, 0) is 10.8 Å². The Morgan fingerprint density at radius 3 is 1.31 bits per heavy atom. The van der Waals surface area contributed by atoms with Crippen molar-refractivity contribution in [2.24, 2.45) is 0 Å². The first-order valence-corrected chi connectivity index (χ1v) is 25.9. The van der Waals surface area contributed by atoms with Crippen molar-refractivity contribution in [1.29, 1.82) is 0 Å². The Hall–Kier alpha value is -9.70. The number of hydrogen-bond acceptors (Lipinski definition) is 3. The molecule has 0 amide bonds. The van der Waals surface area contributed by atoms with Crippen molar-refractivity contribution in [2.45, 2.75) is 10.8 Å². The van der Waals surface area contributed by atoms with E-state index in [0.29, 0.717) is 0 Å². The first kappa shape index (κ1) is 41.9. The van der Waals surface area contributed by atoms with Gasteiger partial charge in [0, 0.05) is 39.3 Å². The molecule has 0 fully saturated rings. The maximum absolute atomic E-state index is 6.79. The Labute approximate surface area is 435 Å². The molecular formula is C72H45NO2. The quantitative estimate of drug-likeness (QED) is 0.172. The first-order chi connectivity index (χ1) is 37.2. The molecule has 2 spiro atoms. The Balaban J connectivity index is 0.935. The fourth-order valence-corrected chi connectivity index (χ4v) is 13.5. The molecule has 12 aromatic carbocycles. The molecule has 0 aromatic heterocycles. The first-order valence-electron chi connectivity index (χ1n) is 25.9. The molecule has 75 heavy (non-hydrogen) atoms. The number of nitrogens with zero attached hydrogens (tertiary/aromatic N) is 1. The van der Waals surface area contributed by atoms with Gasteiger partial charge in [0.15, 0.2) is 0 Å². The summed E-state index contributed by atoms with van der Waals surface area (Å²) in [6, 6.07) is 100.0. The predicted molar refractivity (Wildman–Crippen MR) is 304 cm³/mol. The highest BCUT2D eigenvalue weighted by Gasteiger charge is 2.53. The van der Waals surface area contributed by atoms with Crippen LogP contribution in [0.4, 0.5) is 17.1 Å². The van der Waals surface area contributed by atoms with Crippen LogP contribution in [-0.4, -0.2) is 0 Å². The fourth-order valence-electron chi connectivity index (χ4n) is 13.5. The molecule has 0 bridgehead atoms. The average Bonchev–Trinajstić information content (AvgIpc) is 4.14. The molecule has 16 rings (SSSR count). The van der Waals surface area contributed by atoms with Gasteiger partial charge in [0.1, 0.15) is 23.0 Å². The van der Waals surface area contributed by atoms with Crippen molar-refractivity contribution in [3.8, 4) is 67.5 Å². The summed E-state index contributed by atoms with van der Waals surface area (Å²) in [5, 5.41) is 2.45. The maximum Gasteiger partial charge on any atom is 0.132 e. The van der Waals surface area contributed by atoms with Gasteiger partial charge in [0.25, 0.3) is 0 Å². The number of anilines is 3. The summed E-state index contributed by atoms with van der Waals surface area (Å²) in [4.78, 5) is 2.47. The molecular weight excluding hydrogens is 911 g/mol. The van der Waals surface area contributed by atoms with Crippen LogP contribution in [0.15, 0.2) is 273 Å². The molecule has 0 saturated carbocycles. The SMILES string of the molecule is c1ccc(-c2ccc(-c3ccc(N(c4ccc5c(c4)-c4ccc6ccccc6c4C54c5ccccc5Oc5ccccc54)c4ccc5c(c4)C4(c6ccccc6Oc6ccccc64)c4ccccc4-5)cc3)cc2)cc1. The van der Waals surface area contributed by atoms with Crippen molar-refractivity contribution < 1.29 is 9.47 Å².